The summed E-state index contributed by atoms with van der Waals surface area (Å²) in [6.45, 7) is 5.94. The molecule has 0 aromatic heterocycles. The average Bonchev–Trinajstić information content (AvgIpc) is 1.84. The zero-order chi connectivity index (χ0) is 9.02. The highest BCUT2D eigenvalue weighted by atomic mass is 16.2. The molecule has 0 rings (SSSR count). The van der Waals surface area contributed by atoms with Crippen LogP contribution >= 0.6 is 0 Å². The van der Waals surface area contributed by atoms with Crippen LogP contribution in [-0.4, -0.2) is 30.2 Å². The zero-order valence-electron chi connectivity index (χ0n) is 7.55. The van der Waals surface area contributed by atoms with Gasteiger partial charge in [0.1, 0.15) is 0 Å². The maximum absolute atomic E-state index is 11.0. The molecule has 0 radical (unpaired) electrons. The third kappa shape index (κ3) is 3.75. The molecule has 0 N–H and O–H groups in total. The van der Waals surface area contributed by atoms with E-state index >= 15 is 0 Å². The standard InChI is InChI=1S/C8H15NO2/c1-6(2)5-9(4)8(11)7(3)10/h6H,5H2,1-4H3. The Hall–Kier alpha value is -0.860. The fourth-order valence-electron chi connectivity index (χ4n) is 0.899. The van der Waals surface area contributed by atoms with Gasteiger partial charge < -0.3 is 4.90 Å². The lowest BCUT2D eigenvalue weighted by Gasteiger charge is -2.17. The molecule has 0 fully saturated rings. The molecule has 0 saturated heterocycles. The Bertz CT molecular complexity index is 163. The number of carbonyl (C=O) groups excluding carboxylic acids is 2. The first-order valence-electron chi connectivity index (χ1n) is 3.71. The molecule has 0 aromatic carbocycles. The van der Waals surface area contributed by atoms with Gasteiger partial charge >= 0.3 is 0 Å². The summed E-state index contributed by atoms with van der Waals surface area (Å²) >= 11 is 0. The maximum Gasteiger partial charge on any atom is 0.289 e. The highest BCUT2D eigenvalue weighted by Crippen LogP contribution is 1.96. The highest BCUT2D eigenvalue weighted by molar-refractivity contribution is 6.34. The Labute approximate surface area is 67.4 Å². The molecule has 0 heterocycles. The van der Waals surface area contributed by atoms with E-state index in [4.69, 9.17) is 0 Å². The molecule has 0 bridgehead atoms. The van der Waals surface area contributed by atoms with Gasteiger partial charge in [-0.05, 0) is 5.92 Å². The van der Waals surface area contributed by atoms with Crippen LogP contribution in [-0.2, 0) is 9.59 Å². The number of amides is 1. The van der Waals surface area contributed by atoms with Crippen molar-refractivity contribution in [3.8, 4) is 0 Å². The number of rotatable bonds is 3. The quantitative estimate of drug-likeness (QED) is 0.565. The summed E-state index contributed by atoms with van der Waals surface area (Å²) in [6.07, 6.45) is 0. The summed E-state index contributed by atoms with van der Waals surface area (Å²) in [5, 5.41) is 0. The molecule has 3 nitrogen and oxygen atoms in total. The van der Waals surface area contributed by atoms with Crippen LogP contribution in [0.25, 0.3) is 0 Å². The van der Waals surface area contributed by atoms with Crippen molar-refractivity contribution in [2.75, 3.05) is 13.6 Å². The van der Waals surface area contributed by atoms with Crippen molar-refractivity contribution in [1.29, 1.82) is 0 Å². The molecule has 0 aliphatic rings. The van der Waals surface area contributed by atoms with Crippen molar-refractivity contribution in [3.63, 3.8) is 0 Å². The molecule has 0 unspecified atom stereocenters. The fourth-order valence-corrected chi connectivity index (χ4v) is 0.899. The van der Waals surface area contributed by atoms with E-state index in [1.165, 1.54) is 11.8 Å². The van der Waals surface area contributed by atoms with Gasteiger partial charge in [-0.15, -0.1) is 0 Å². The maximum atomic E-state index is 11.0. The number of ketones is 1. The Morgan fingerprint density at radius 2 is 1.82 bits per heavy atom. The topological polar surface area (TPSA) is 37.4 Å². The van der Waals surface area contributed by atoms with Crippen LogP contribution in [0.5, 0.6) is 0 Å². The Balaban J connectivity index is 3.93. The van der Waals surface area contributed by atoms with E-state index in [0.29, 0.717) is 12.5 Å². The number of likely N-dealkylation sites (N-methyl/N-ethyl adjacent to an activating group) is 1. The third-order valence-electron chi connectivity index (χ3n) is 1.29. The number of Topliss-reactive ketones (excluding diaryl/α,β-unsaturated/α-hetero) is 1. The third-order valence-corrected chi connectivity index (χ3v) is 1.29. The van der Waals surface area contributed by atoms with Crippen LogP contribution in [0.2, 0.25) is 0 Å². The fraction of sp³-hybridized carbons (Fsp3) is 0.750. The number of hydrogen-bond donors (Lipinski definition) is 0. The van der Waals surface area contributed by atoms with Gasteiger partial charge in [-0.25, -0.2) is 0 Å². The van der Waals surface area contributed by atoms with E-state index < -0.39 is 11.7 Å². The lowest BCUT2D eigenvalue weighted by atomic mass is 10.2. The molecule has 0 aromatic rings. The van der Waals surface area contributed by atoms with Gasteiger partial charge in [-0.1, -0.05) is 13.8 Å². The van der Waals surface area contributed by atoms with Gasteiger partial charge in [0, 0.05) is 20.5 Å². The monoisotopic (exact) mass is 157 g/mol. The summed E-state index contributed by atoms with van der Waals surface area (Å²) in [6, 6.07) is 0. The Kier molecular flexibility index (Phi) is 3.79. The molecular formula is C8H15NO2. The van der Waals surface area contributed by atoms with Crippen molar-refractivity contribution in [3.05, 3.63) is 0 Å². The predicted molar refractivity (Wildman–Crippen MR) is 43.2 cm³/mol. The van der Waals surface area contributed by atoms with Gasteiger partial charge in [-0.3, -0.25) is 9.59 Å². The molecule has 1 amide bonds. The van der Waals surface area contributed by atoms with Gasteiger partial charge in [0.25, 0.3) is 5.91 Å². The molecule has 11 heavy (non-hydrogen) atoms. The number of carbonyl (C=O) groups is 2. The molecule has 64 valence electrons. The summed E-state index contributed by atoms with van der Waals surface area (Å²) in [7, 11) is 1.64. The van der Waals surface area contributed by atoms with Crippen LogP contribution in [0.4, 0.5) is 0 Å². The lowest BCUT2D eigenvalue weighted by molar-refractivity contribution is -0.142. The van der Waals surface area contributed by atoms with Crippen molar-refractivity contribution < 1.29 is 9.59 Å². The first kappa shape index (κ1) is 10.1. The summed E-state index contributed by atoms with van der Waals surface area (Å²) in [4.78, 5) is 23.0. The van der Waals surface area contributed by atoms with Crippen molar-refractivity contribution >= 4 is 11.7 Å². The zero-order valence-corrected chi connectivity index (χ0v) is 7.55. The van der Waals surface area contributed by atoms with Gasteiger partial charge in [0.2, 0.25) is 5.78 Å². The average molecular weight is 157 g/mol. The van der Waals surface area contributed by atoms with Gasteiger partial charge in [0.15, 0.2) is 0 Å². The van der Waals surface area contributed by atoms with Crippen molar-refractivity contribution in [1.82, 2.24) is 4.90 Å². The lowest BCUT2D eigenvalue weighted by Crippen LogP contribution is -2.34. The number of nitrogens with zero attached hydrogens (tertiary/aromatic N) is 1. The van der Waals surface area contributed by atoms with E-state index in [2.05, 4.69) is 0 Å². The summed E-state index contributed by atoms with van der Waals surface area (Å²) in [5.74, 6) is -0.393. The first-order valence-corrected chi connectivity index (χ1v) is 3.71. The second-order valence-corrected chi connectivity index (χ2v) is 3.14. The van der Waals surface area contributed by atoms with Crippen molar-refractivity contribution in [2.24, 2.45) is 5.92 Å². The SMILES string of the molecule is CC(=O)C(=O)N(C)CC(C)C. The Morgan fingerprint density at radius 3 is 2.09 bits per heavy atom. The minimum Gasteiger partial charge on any atom is -0.339 e. The second-order valence-electron chi connectivity index (χ2n) is 3.14. The predicted octanol–water partition coefficient (Wildman–Crippen LogP) is 0.690. The van der Waals surface area contributed by atoms with Crippen LogP contribution in [0.15, 0.2) is 0 Å². The largest absolute Gasteiger partial charge is 0.339 e. The second kappa shape index (κ2) is 4.11. The number of hydrogen-bond acceptors (Lipinski definition) is 2. The smallest absolute Gasteiger partial charge is 0.289 e. The molecule has 3 heteroatoms. The van der Waals surface area contributed by atoms with E-state index in [-0.39, 0.29) is 0 Å². The van der Waals surface area contributed by atoms with Crippen LogP contribution in [0.1, 0.15) is 20.8 Å². The van der Waals surface area contributed by atoms with Crippen LogP contribution in [0, 0.1) is 5.92 Å². The van der Waals surface area contributed by atoms with E-state index in [1.807, 2.05) is 13.8 Å². The van der Waals surface area contributed by atoms with Gasteiger partial charge in [-0.2, -0.15) is 0 Å². The van der Waals surface area contributed by atoms with Gasteiger partial charge in [0.05, 0.1) is 0 Å². The highest BCUT2D eigenvalue weighted by Gasteiger charge is 2.13. The molecule has 0 aliphatic heterocycles. The summed E-state index contributed by atoms with van der Waals surface area (Å²) in [5.41, 5.74) is 0. The normalized spacial score (nSPS) is 9.91. The molecule has 0 aliphatic carbocycles. The van der Waals surface area contributed by atoms with Crippen LogP contribution < -0.4 is 0 Å². The van der Waals surface area contributed by atoms with E-state index in [0.717, 1.165) is 0 Å². The van der Waals surface area contributed by atoms with E-state index in [9.17, 15) is 9.59 Å². The molecule has 0 spiro atoms. The van der Waals surface area contributed by atoms with E-state index in [1.54, 1.807) is 7.05 Å². The molecular weight excluding hydrogens is 142 g/mol. The minimum atomic E-state index is -0.404. The molecule has 0 atom stereocenters. The minimum absolute atomic E-state index is 0.395. The summed E-state index contributed by atoms with van der Waals surface area (Å²) < 4.78 is 0. The van der Waals surface area contributed by atoms with Crippen LogP contribution in [0.3, 0.4) is 0 Å². The van der Waals surface area contributed by atoms with Crippen molar-refractivity contribution in [2.45, 2.75) is 20.8 Å². The first-order chi connectivity index (χ1) is 4.95. The molecule has 0 saturated carbocycles. The Morgan fingerprint density at radius 1 is 1.36 bits per heavy atom.